The van der Waals surface area contributed by atoms with Gasteiger partial charge >= 0.3 is 0 Å². The first-order chi connectivity index (χ1) is 16.6. The van der Waals surface area contributed by atoms with Gasteiger partial charge in [0.15, 0.2) is 12.0 Å². The molecule has 0 N–H and O–H groups in total. The van der Waals surface area contributed by atoms with E-state index in [1.165, 1.54) is 23.3 Å². The summed E-state index contributed by atoms with van der Waals surface area (Å²) in [6.07, 6.45) is 10.4. The maximum atomic E-state index is 15.1. The Bertz CT molecular complexity index is 1440. The molecule has 0 fully saturated rings. The molecule has 11 heteroatoms. The van der Waals surface area contributed by atoms with Gasteiger partial charge in [-0.3, -0.25) is 9.67 Å². The summed E-state index contributed by atoms with van der Waals surface area (Å²) in [6, 6.07) is 9.85. The standard InChI is InChI=1S/C23H18ClFN8O/c1-2-19(31-12-17(11-28-31)15-7-9-26-10-8-15)20-5-3-16(13-33(20)34)22-21(32-14-27-29-30-32)6-4-18(24)23(22)25/h3-14,19H,2H2,1H3/t19-/m1/s1. The summed E-state index contributed by atoms with van der Waals surface area (Å²) in [5.74, 6) is -0.663. The molecule has 4 heterocycles. The molecule has 34 heavy (non-hydrogen) atoms. The first-order valence-electron chi connectivity index (χ1n) is 10.5. The molecule has 0 saturated heterocycles. The Morgan fingerprint density at radius 1 is 1.09 bits per heavy atom. The first kappa shape index (κ1) is 21.7. The van der Waals surface area contributed by atoms with Crippen molar-refractivity contribution in [3.63, 3.8) is 0 Å². The predicted molar refractivity (Wildman–Crippen MR) is 122 cm³/mol. The van der Waals surface area contributed by atoms with E-state index in [0.29, 0.717) is 23.4 Å². The molecular formula is C23H18ClFN8O. The molecule has 5 rings (SSSR count). The van der Waals surface area contributed by atoms with E-state index in [2.05, 4.69) is 25.6 Å². The molecule has 0 bridgehead atoms. The van der Waals surface area contributed by atoms with E-state index in [-0.39, 0.29) is 16.6 Å². The summed E-state index contributed by atoms with van der Waals surface area (Å²) < 4.78 is 18.9. The summed E-state index contributed by atoms with van der Waals surface area (Å²) in [4.78, 5) is 4.04. The van der Waals surface area contributed by atoms with Crippen molar-refractivity contribution in [1.82, 2.24) is 35.0 Å². The van der Waals surface area contributed by atoms with Gasteiger partial charge in [0.05, 0.1) is 28.0 Å². The van der Waals surface area contributed by atoms with Crippen LogP contribution in [-0.4, -0.2) is 35.0 Å². The van der Waals surface area contributed by atoms with Crippen LogP contribution in [0.3, 0.4) is 0 Å². The maximum absolute atomic E-state index is 15.1. The van der Waals surface area contributed by atoms with Crippen LogP contribution in [-0.2, 0) is 0 Å². The van der Waals surface area contributed by atoms with Gasteiger partial charge in [0.1, 0.15) is 12.4 Å². The predicted octanol–water partition coefficient (Wildman–Crippen LogP) is 4.01. The number of hydrogen-bond donors (Lipinski definition) is 0. The smallest absolute Gasteiger partial charge is 0.217 e. The van der Waals surface area contributed by atoms with Gasteiger partial charge < -0.3 is 5.21 Å². The molecule has 9 nitrogen and oxygen atoms in total. The van der Waals surface area contributed by atoms with Crippen LogP contribution in [0, 0.1) is 11.0 Å². The largest absolute Gasteiger partial charge is 0.618 e. The monoisotopic (exact) mass is 476 g/mol. The van der Waals surface area contributed by atoms with Gasteiger partial charge in [0.25, 0.3) is 0 Å². The van der Waals surface area contributed by atoms with E-state index in [4.69, 9.17) is 11.6 Å². The lowest BCUT2D eigenvalue weighted by Crippen LogP contribution is -2.35. The fraction of sp³-hybridized carbons (Fsp3) is 0.130. The molecule has 0 amide bonds. The van der Waals surface area contributed by atoms with E-state index >= 15 is 4.39 Å². The van der Waals surface area contributed by atoms with Crippen molar-refractivity contribution in [3.05, 3.63) is 95.5 Å². The third-order valence-electron chi connectivity index (χ3n) is 5.56. The van der Waals surface area contributed by atoms with E-state index in [1.807, 2.05) is 25.3 Å². The average Bonchev–Trinajstić information content (AvgIpc) is 3.56. The number of pyridine rings is 2. The second kappa shape index (κ2) is 8.99. The van der Waals surface area contributed by atoms with Gasteiger partial charge in [-0.15, -0.1) is 5.10 Å². The van der Waals surface area contributed by atoms with Crippen LogP contribution in [0.2, 0.25) is 5.02 Å². The molecule has 0 aliphatic carbocycles. The van der Waals surface area contributed by atoms with Crippen molar-refractivity contribution in [3.8, 4) is 27.9 Å². The number of hydrogen-bond acceptors (Lipinski definition) is 6. The van der Waals surface area contributed by atoms with Crippen molar-refractivity contribution in [2.24, 2.45) is 0 Å². The topological polar surface area (TPSA) is 101 Å². The zero-order valence-electron chi connectivity index (χ0n) is 18.0. The van der Waals surface area contributed by atoms with Crippen LogP contribution >= 0.6 is 11.6 Å². The highest BCUT2D eigenvalue weighted by Crippen LogP contribution is 2.33. The molecule has 170 valence electrons. The number of nitrogens with zero attached hydrogens (tertiary/aromatic N) is 8. The Labute approximate surface area is 198 Å². The summed E-state index contributed by atoms with van der Waals surface area (Å²) >= 11 is 6.04. The van der Waals surface area contributed by atoms with E-state index < -0.39 is 5.82 Å². The normalized spacial score (nSPS) is 12.1. The van der Waals surface area contributed by atoms with E-state index in [9.17, 15) is 5.21 Å². The molecule has 4 aromatic heterocycles. The number of benzene rings is 1. The van der Waals surface area contributed by atoms with Gasteiger partial charge in [-0.25, -0.2) is 4.39 Å². The van der Waals surface area contributed by atoms with Crippen molar-refractivity contribution < 1.29 is 9.12 Å². The molecule has 0 aliphatic heterocycles. The van der Waals surface area contributed by atoms with Crippen LogP contribution in [0.1, 0.15) is 25.1 Å². The summed E-state index contributed by atoms with van der Waals surface area (Å²) in [5, 5.41) is 28.6. The zero-order valence-corrected chi connectivity index (χ0v) is 18.7. The molecule has 0 radical (unpaired) electrons. The quantitative estimate of drug-likeness (QED) is 0.271. The molecule has 0 aliphatic rings. The molecule has 1 aromatic carbocycles. The Morgan fingerprint density at radius 3 is 2.62 bits per heavy atom. The van der Waals surface area contributed by atoms with Gasteiger partial charge in [-0.2, -0.15) is 14.5 Å². The Kier molecular flexibility index (Phi) is 5.72. The lowest BCUT2D eigenvalue weighted by atomic mass is 10.0. The Morgan fingerprint density at radius 2 is 1.91 bits per heavy atom. The van der Waals surface area contributed by atoms with Crippen LogP contribution < -0.4 is 4.73 Å². The highest BCUT2D eigenvalue weighted by molar-refractivity contribution is 6.31. The summed E-state index contributed by atoms with van der Waals surface area (Å²) in [5.41, 5.74) is 3.21. The Balaban J connectivity index is 1.54. The SMILES string of the molecule is CC[C@H](c1ccc(-c2c(-n3cnnn3)ccc(Cl)c2F)c[n+]1[O-])n1cc(-c2ccncc2)cn1. The van der Waals surface area contributed by atoms with Gasteiger partial charge in [0.2, 0.25) is 5.69 Å². The molecule has 0 spiro atoms. The fourth-order valence-electron chi connectivity index (χ4n) is 3.91. The number of halogens is 2. The van der Waals surface area contributed by atoms with Crippen LogP contribution in [0.15, 0.2) is 73.7 Å². The molecule has 1 atom stereocenters. The number of tetrazole rings is 1. The van der Waals surface area contributed by atoms with Gasteiger partial charge in [-0.1, -0.05) is 18.5 Å². The average molecular weight is 477 g/mol. The van der Waals surface area contributed by atoms with Crippen molar-refractivity contribution in [2.75, 3.05) is 0 Å². The maximum Gasteiger partial charge on any atom is 0.217 e. The molecule has 0 saturated carbocycles. The highest BCUT2D eigenvalue weighted by Gasteiger charge is 2.24. The minimum atomic E-state index is -0.663. The highest BCUT2D eigenvalue weighted by atomic mass is 35.5. The number of aromatic nitrogens is 8. The second-order valence-corrected chi connectivity index (χ2v) is 7.95. The van der Waals surface area contributed by atoms with Crippen molar-refractivity contribution >= 4 is 11.6 Å². The minimum Gasteiger partial charge on any atom is -0.618 e. The minimum absolute atomic E-state index is 0.0695. The summed E-state index contributed by atoms with van der Waals surface area (Å²) in [6.45, 7) is 1.97. The second-order valence-electron chi connectivity index (χ2n) is 7.55. The fourth-order valence-corrected chi connectivity index (χ4v) is 4.07. The number of rotatable bonds is 6. The first-order valence-corrected chi connectivity index (χ1v) is 10.8. The third kappa shape index (κ3) is 3.88. The lowest BCUT2D eigenvalue weighted by Gasteiger charge is -2.17. The Hall–Kier alpha value is -4.18. The van der Waals surface area contributed by atoms with E-state index in [1.54, 1.807) is 41.5 Å². The van der Waals surface area contributed by atoms with Crippen molar-refractivity contribution in [2.45, 2.75) is 19.4 Å². The van der Waals surface area contributed by atoms with Crippen LogP contribution in [0.5, 0.6) is 0 Å². The molecule has 0 unspecified atom stereocenters. The van der Waals surface area contributed by atoms with Crippen LogP contribution in [0.4, 0.5) is 4.39 Å². The van der Waals surface area contributed by atoms with Gasteiger partial charge in [-0.05, 0) is 52.7 Å². The zero-order chi connectivity index (χ0) is 23.7. The lowest BCUT2D eigenvalue weighted by molar-refractivity contribution is -0.615. The van der Waals surface area contributed by atoms with Crippen molar-refractivity contribution in [1.29, 1.82) is 0 Å². The van der Waals surface area contributed by atoms with Gasteiger partial charge in [0, 0.05) is 30.2 Å². The summed E-state index contributed by atoms with van der Waals surface area (Å²) in [7, 11) is 0. The van der Waals surface area contributed by atoms with E-state index in [0.717, 1.165) is 15.9 Å². The molecule has 5 aromatic rings. The van der Waals surface area contributed by atoms with Crippen LogP contribution in [0.25, 0.3) is 27.9 Å². The molecular weight excluding hydrogens is 459 g/mol. The third-order valence-corrected chi connectivity index (χ3v) is 5.86.